The summed E-state index contributed by atoms with van der Waals surface area (Å²) < 4.78 is 6.90. The topological polar surface area (TPSA) is 76.5 Å². The van der Waals surface area contributed by atoms with Crippen molar-refractivity contribution in [1.29, 1.82) is 0 Å². The largest absolute Gasteiger partial charge is 0.475 e. The summed E-state index contributed by atoms with van der Waals surface area (Å²) in [6.07, 6.45) is 2.29. The molecule has 7 nitrogen and oxygen atoms in total. The first-order valence-electron chi connectivity index (χ1n) is 13.2. The average molecular weight is 515 g/mol. The summed E-state index contributed by atoms with van der Waals surface area (Å²) in [6.45, 7) is 15.0. The first-order chi connectivity index (χ1) is 17.1. The van der Waals surface area contributed by atoms with Crippen molar-refractivity contribution in [1.82, 2.24) is 9.78 Å². The van der Waals surface area contributed by atoms with Crippen LogP contribution in [0.15, 0.2) is 29.1 Å². The molecule has 0 radical (unpaired) electrons. The molecule has 0 spiro atoms. The number of anilines is 2. The van der Waals surface area contributed by atoms with Gasteiger partial charge in [-0.2, -0.15) is 0 Å². The van der Waals surface area contributed by atoms with E-state index >= 15 is 0 Å². The van der Waals surface area contributed by atoms with Crippen molar-refractivity contribution in [3.8, 4) is 5.88 Å². The Bertz CT molecular complexity index is 1160. The molecule has 196 valence electrons. The molecule has 1 aromatic carbocycles. The monoisotopic (exact) mass is 514 g/mol. The van der Waals surface area contributed by atoms with Crippen LogP contribution in [0, 0.1) is 23.2 Å². The summed E-state index contributed by atoms with van der Waals surface area (Å²) in [5.74, 6) is 1.79. The number of nitrogens with one attached hydrogen (secondary N) is 1. The number of carbonyl (C=O) groups excluding carboxylic acids is 1. The molecule has 2 bridgehead atoms. The number of rotatable bonds is 10. The lowest BCUT2D eigenvalue weighted by Crippen LogP contribution is -2.58. The van der Waals surface area contributed by atoms with E-state index < -0.39 is 5.56 Å². The number of ketones is 1. The molecule has 0 saturated heterocycles. The molecule has 0 aliphatic heterocycles. The number of benzene rings is 1. The van der Waals surface area contributed by atoms with Gasteiger partial charge < -0.3 is 15.0 Å². The van der Waals surface area contributed by atoms with Gasteiger partial charge in [0.15, 0.2) is 5.78 Å². The second kappa shape index (κ2) is 10.4. The number of carbonyl (C=O) groups is 1. The fourth-order valence-corrected chi connectivity index (χ4v) is 6.42. The fourth-order valence-electron chi connectivity index (χ4n) is 6.19. The zero-order chi connectivity index (χ0) is 26.2. The quantitative estimate of drug-likeness (QED) is 0.421. The fraction of sp³-hybridized carbons (Fsp3) is 0.607. The van der Waals surface area contributed by atoms with E-state index in [1.165, 1.54) is 6.42 Å². The van der Waals surface area contributed by atoms with E-state index in [0.717, 1.165) is 29.9 Å². The molecule has 1 N–H and O–H groups in total. The minimum absolute atomic E-state index is 0.0174. The van der Waals surface area contributed by atoms with Crippen molar-refractivity contribution in [2.45, 2.75) is 67.0 Å². The van der Waals surface area contributed by atoms with Crippen LogP contribution in [0.5, 0.6) is 5.88 Å². The first-order valence-corrected chi connectivity index (χ1v) is 13.6. The van der Waals surface area contributed by atoms with Crippen molar-refractivity contribution in [3.63, 3.8) is 0 Å². The number of hydrogen-bond acceptors (Lipinski definition) is 6. The third kappa shape index (κ3) is 4.74. The molecular formula is C28H39ClN4O3. The second-order valence-electron chi connectivity index (χ2n) is 10.7. The summed E-state index contributed by atoms with van der Waals surface area (Å²) in [6, 6.07) is 7.64. The van der Waals surface area contributed by atoms with Crippen molar-refractivity contribution >= 4 is 28.8 Å². The second-order valence-corrected chi connectivity index (χ2v) is 11.1. The van der Waals surface area contributed by atoms with Gasteiger partial charge >= 0.3 is 0 Å². The Morgan fingerprint density at radius 3 is 2.42 bits per heavy atom. The van der Waals surface area contributed by atoms with Crippen molar-refractivity contribution < 1.29 is 9.53 Å². The van der Waals surface area contributed by atoms with Crippen molar-refractivity contribution in [2.24, 2.45) is 23.2 Å². The highest BCUT2D eigenvalue weighted by atomic mass is 35.5. The van der Waals surface area contributed by atoms with Gasteiger partial charge in [0.1, 0.15) is 17.3 Å². The minimum Gasteiger partial charge on any atom is -0.475 e. The minimum atomic E-state index is -0.496. The normalized spacial score (nSPS) is 24.1. The number of fused-ring (bicyclic) bond motifs is 2. The van der Waals surface area contributed by atoms with Gasteiger partial charge in [-0.15, -0.1) is 5.10 Å². The van der Waals surface area contributed by atoms with E-state index in [2.05, 4.69) is 49.9 Å². The van der Waals surface area contributed by atoms with Gasteiger partial charge in [0.2, 0.25) is 0 Å². The smallest absolute Gasteiger partial charge is 0.288 e. The highest BCUT2D eigenvalue weighted by Crippen LogP contribution is 2.61. The van der Waals surface area contributed by atoms with Gasteiger partial charge in [-0.3, -0.25) is 9.59 Å². The molecule has 2 aromatic rings. The van der Waals surface area contributed by atoms with Crippen LogP contribution in [0.25, 0.3) is 0 Å². The molecule has 3 fully saturated rings. The molecule has 0 unspecified atom stereocenters. The summed E-state index contributed by atoms with van der Waals surface area (Å²) in [7, 11) is 0. The van der Waals surface area contributed by atoms with E-state index in [1.807, 2.05) is 19.1 Å². The number of ether oxygens (including phenoxy) is 1. The lowest BCUT2D eigenvalue weighted by atomic mass is 9.45. The van der Waals surface area contributed by atoms with E-state index in [0.29, 0.717) is 41.0 Å². The zero-order valence-electron chi connectivity index (χ0n) is 22.3. The molecule has 4 atom stereocenters. The maximum atomic E-state index is 13.1. The number of aromatic nitrogens is 2. The number of Topliss-reactive ketones (excluding diaryl/α,β-unsaturated/α-hetero) is 1. The highest BCUT2D eigenvalue weighted by molar-refractivity contribution is 6.33. The van der Waals surface area contributed by atoms with Crippen LogP contribution in [-0.4, -0.2) is 41.3 Å². The van der Waals surface area contributed by atoms with E-state index in [9.17, 15) is 9.59 Å². The molecule has 3 aliphatic carbocycles. The van der Waals surface area contributed by atoms with Crippen LogP contribution in [0.4, 0.5) is 11.4 Å². The van der Waals surface area contributed by atoms with E-state index in [1.54, 1.807) is 12.1 Å². The first kappa shape index (κ1) is 26.5. The lowest BCUT2D eigenvalue weighted by Gasteiger charge is -2.62. The summed E-state index contributed by atoms with van der Waals surface area (Å²) in [5.41, 5.74) is 1.88. The van der Waals surface area contributed by atoms with Gasteiger partial charge in [-0.25, -0.2) is 4.68 Å². The van der Waals surface area contributed by atoms with Gasteiger partial charge in [0.05, 0.1) is 6.61 Å². The predicted molar refractivity (Wildman–Crippen MR) is 146 cm³/mol. The summed E-state index contributed by atoms with van der Waals surface area (Å²) in [5, 5.41) is 7.94. The van der Waals surface area contributed by atoms with Crippen LogP contribution in [-0.2, 0) is 6.54 Å². The molecule has 3 aliphatic rings. The Balaban J connectivity index is 1.55. The van der Waals surface area contributed by atoms with Crippen molar-refractivity contribution in [2.75, 3.05) is 29.9 Å². The molecule has 8 heteroatoms. The van der Waals surface area contributed by atoms with Crippen LogP contribution in [0.2, 0.25) is 5.02 Å². The SMILES string of the molecule is CCOc1nn(CC(=O)c2ccc(N(CC)CC)cc2)c(=O)c(Cl)c1N[C@@H]1C[C@@H]2C[C@H]([C@H]1C)C2(C)C. The van der Waals surface area contributed by atoms with Crippen LogP contribution in [0.3, 0.4) is 0 Å². The maximum Gasteiger partial charge on any atom is 0.288 e. The van der Waals surface area contributed by atoms with Gasteiger partial charge in [-0.05, 0) is 81.0 Å². The molecule has 1 heterocycles. The number of halogens is 1. The Hall–Kier alpha value is -2.54. The Morgan fingerprint density at radius 1 is 1.19 bits per heavy atom. The third-order valence-corrected chi connectivity index (χ3v) is 8.99. The Kier molecular flexibility index (Phi) is 7.69. The predicted octanol–water partition coefficient (Wildman–Crippen LogP) is 5.51. The van der Waals surface area contributed by atoms with E-state index in [4.69, 9.17) is 16.3 Å². The standard InChI is InChI=1S/C28H39ClN4O3/c1-7-32(8-2)20-12-10-18(11-13-20)23(34)16-33-27(35)24(29)25(26(31-33)36-9-3)30-22-15-19-14-21(17(22)4)28(19,5)6/h10-13,17,19,21-22,30H,7-9,14-16H2,1-6H3/t17-,19+,21-,22-/m1/s1. The van der Waals surface area contributed by atoms with Gasteiger partial charge in [0.25, 0.3) is 11.4 Å². The van der Waals surface area contributed by atoms with E-state index in [-0.39, 0.29) is 29.3 Å². The Morgan fingerprint density at radius 2 is 1.86 bits per heavy atom. The van der Waals surface area contributed by atoms with Crippen molar-refractivity contribution in [3.05, 3.63) is 45.2 Å². The van der Waals surface area contributed by atoms with Gasteiger partial charge in [0, 0.05) is 30.4 Å². The van der Waals surface area contributed by atoms with Crippen LogP contribution >= 0.6 is 11.6 Å². The van der Waals surface area contributed by atoms with Gasteiger partial charge in [-0.1, -0.05) is 32.4 Å². The molecule has 5 rings (SSSR count). The third-order valence-electron chi connectivity index (χ3n) is 8.64. The lowest BCUT2D eigenvalue weighted by molar-refractivity contribution is -0.105. The average Bonchev–Trinajstić information content (AvgIpc) is 2.86. The maximum absolute atomic E-state index is 13.1. The molecular weight excluding hydrogens is 476 g/mol. The highest BCUT2D eigenvalue weighted by Gasteiger charge is 2.56. The molecule has 0 amide bonds. The van der Waals surface area contributed by atoms with Crippen LogP contribution < -0.4 is 20.5 Å². The summed E-state index contributed by atoms with van der Waals surface area (Å²) >= 11 is 6.59. The summed E-state index contributed by atoms with van der Waals surface area (Å²) in [4.78, 5) is 28.4. The molecule has 36 heavy (non-hydrogen) atoms. The molecule has 3 saturated carbocycles. The Labute approximate surface area is 219 Å². The van der Waals surface area contributed by atoms with Crippen LogP contribution in [0.1, 0.15) is 64.7 Å². The zero-order valence-corrected chi connectivity index (χ0v) is 23.1. The number of hydrogen-bond donors (Lipinski definition) is 1. The molecule has 1 aromatic heterocycles. The number of nitrogens with zero attached hydrogens (tertiary/aromatic N) is 3.